The third-order valence-corrected chi connectivity index (χ3v) is 6.19. The Morgan fingerprint density at radius 2 is 1.75 bits per heavy atom. The SMILES string of the molecule is CCCCCCCP1(=O)CCC1. The Hall–Kier alpha value is 0.230. The topological polar surface area (TPSA) is 17.1 Å². The van der Waals surface area contributed by atoms with Crippen molar-refractivity contribution < 1.29 is 4.57 Å². The molecule has 1 aliphatic heterocycles. The van der Waals surface area contributed by atoms with E-state index < -0.39 is 7.14 Å². The lowest BCUT2D eigenvalue weighted by molar-refractivity contribution is 0.557. The number of unbranched alkanes of at least 4 members (excludes halogenated alkanes) is 4. The molecule has 0 bridgehead atoms. The highest BCUT2D eigenvalue weighted by atomic mass is 31.2. The highest BCUT2D eigenvalue weighted by molar-refractivity contribution is 7.65. The van der Waals surface area contributed by atoms with Gasteiger partial charge in [0.1, 0.15) is 0 Å². The molecule has 0 saturated carbocycles. The molecule has 72 valence electrons. The Morgan fingerprint density at radius 3 is 2.25 bits per heavy atom. The molecule has 0 aromatic carbocycles. The van der Waals surface area contributed by atoms with Gasteiger partial charge in [-0.2, -0.15) is 0 Å². The largest absolute Gasteiger partial charge is 0.324 e. The second-order valence-corrected chi connectivity index (χ2v) is 7.45. The van der Waals surface area contributed by atoms with Gasteiger partial charge < -0.3 is 4.57 Å². The van der Waals surface area contributed by atoms with E-state index in [9.17, 15) is 4.57 Å². The van der Waals surface area contributed by atoms with Crippen LogP contribution in [0, 0.1) is 0 Å². The van der Waals surface area contributed by atoms with E-state index in [0.717, 1.165) is 18.5 Å². The van der Waals surface area contributed by atoms with Gasteiger partial charge >= 0.3 is 0 Å². The van der Waals surface area contributed by atoms with Crippen LogP contribution >= 0.6 is 7.14 Å². The summed E-state index contributed by atoms with van der Waals surface area (Å²) in [6, 6.07) is 0. The van der Waals surface area contributed by atoms with Gasteiger partial charge in [0.15, 0.2) is 0 Å². The summed E-state index contributed by atoms with van der Waals surface area (Å²) in [5.41, 5.74) is 0. The molecule has 0 aromatic rings. The Bertz CT molecular complexity index is 157. The average Bonchev–Trinajstić information content (AvgIpc) is 2.01. The zero-order chi connectivity index (χ0) is 8.86. The molecule has 12 heavy (non-hydrogen) atoms. The van der Waals surface area contributed by atoms with Crippen molar-refractivity contribution in [3.05, 3.63) is 0 Å². The zero-order valence-electron chi connectivity index (χ0n) is 8.22. The molecule has 0 unspecified atom stereocenters. The summed E-state index contributed by atoms with van der Waals surface area (Å²) in [7, 11) is -1.54. The molecule has 1 fully saturated rings. The molecule has 1 saturated heterocycles. The highest BCUT2D eigenvalue weighted by Gasteiger charge is 2.28. The molecular formula is C10H21OP. The van der Waals surface area contributed by atoms with Gasteiger partial charge in [-0.05, 0) is 12.8 Å². The Kier molecular flexibility index (Phi) is 4.35. The first-order valence-corrected chi connectivity index (χ1v) is 7.60. The van der Waals surface area contributed by atoms with Crippen molar-refractivity contribution >= 4 is 7.14 Å². The van der Waals surface area contributed by atoms with E-state index in [1.807, 2.05) is 0 Å². The van der Waals surface area contributed by atoms with E-state index in [1.54, 1.807) is 0 Å². The van der Waals surface area contributed by atoms with Crippen LogP contribution in [0.2, 0.25) is 0 Å². The summed E-state index contributed by atoms with van der Waals surface area (Å²) in [6.45, 7) is 2.23. The summed E-state index contributed by atoms with van der Waals surface area (Å²) in [5.74, 6) is 0. The summed E-state index contributed by atoms with van der Waals surface area (Å²) in [6.07, 6.45) is 10.9. The molecular weight excluding hydrogens is 167 g/mol. The molecule has 1 nitrogen and oxygen atoms in total. The van der Waals surface area contributed by atoms with Gasteiger partial charge in [-0.3, -0.25) is 0 Å². The molecule has 0 atom stereocenters. The van der Waals surface area contributed by atoms with E-state index in [4.69, 9.17) is 0 Å². The molecule has 2 heteroatoms. The van der Waals surface area contributed by atoms with Crippen LogP contribution in [0.15, 0.2) is 0 Å². The summed E-state index contributed by atoms with van der Waals surface area (Å²) in [5, 5.41) is 0. The monoisotopic (exact) mass is 188 g/mol. The lowest BCUT2D eigenvalue weighted by atomic mass is 10.2. The molecule has 1 rings (SSSR count). The maximum Gasteiger partial charge on any atom is 0.0877 e. The summed E-state index contributed by atoms with van der Waals surface area (Å²) < 4.78 is 11.7. The molecule has 1 aliphatic rings. The smallest absolute Gasteiger partial charge is 0.0877 e. The van der Waals surface area contributed by atoms with Gasteiger partial charge in [0.05, 0.1) is 7.14 Å². The van der Waals surface area contributed by atoms with E-state index >= 15 is 0 Å². The first kappa shape index (κ1) is 10.3. The lowest BCUT2D eigenvalue weighted by Gasteiger charge is -2.26. The van der Waals surface area contributed by atoms with Gasteiger partial charge in [-0.25, -0.2) is 0 Å². The first-order valence-electron chi connectivity index (χ1n) is 5.34. The fourth-order valence-electron chi connectivity index (χ4n) is 1.74. The van der Waals surface area contributed by atoms with E-state index in [1.165, 1.54) is 38.5 Å². The number of hydrogen-bond acceptors (Lipinski definition) is 1. The van der Waals surface area contributed by atoms with Crippen molar-refractivity contribution in [1.82, 2.24) is 0 Å². The Morgan fingerprint density at radius 1 is 1.08 bits per heavy atom. The molecule has 0 spiro atoms. The number of rotatable bonds is 6. The minimum atomic E-state index is -1.54. The molecule has 0 radical (unpaired) electrons. The lowest BCUT2D eigenvalue weighted by Crippen LogP contribution is -2.11. The Labute approximate surface area is 76.3 Å². The van der Waals surface area contributed by atoms with Crippen LogP contribution in [0.3, 0.4) is 0 Å². The van der Waals surface area contributed by atoms with Crippen LogP contribution < -0.4 is 0 Å². The minimum Gasteiger partial charge on any atom is -0.324 e. The summed E-state index contributed by atoms with van der Waals surface area (Å²) >= 11 is 0. The van der Waals surface area contributed by atoms with Gasteiger partial charge in [-0.1, -0.05) is 32.6 Å². The predicted octanol–water partition coefficient (Wildman–Crippen LogP) is 3.72. The van der Waals surface area contributed by atoms with Crippen molar-refractivity contribution in [3.63, 3.8) is 0 Å². The average molecular weight is 188 g/mol. The van der Waals surface area contributed by atoms with Gasteiger partial charge in [-0.15, -0.1) is 0 Å². The molecule has 0 N–H and O–H groups in total. The Balaban J connectivity index is 1.92. The van der Waals surface area contributed by atoms with Crippen molar-refractivity contribution in [2.75, 3.05) is 18.5 Å². The first-order chi connectivity index (χ1) is 5.77. The normalized spacial score (nSPS) is 20.4. The predicted molar refractivity (Wildman–Crippen MR) is 55.6 cm³/mol. The van der Waals surface area contributed by atoms with Gasteiger partial charge in [0.25, 0.3) is 0 Å². The zero-order valence-corrected chi connectivity index (χ0v) is 9.11. The van der Waals surface area contributed by atoms with Crippen molar-refractivity contribution in [1.29, 1.82) is 0 Å². The molecule has 0 aliphatic carbocycles. The van der Waals surface area contributed by atoms with Crippen molar-refractivity contribution in [2.45, 2.75) is 45.4 Å². The van der Waals surface area contributed by atoms with Crippen LogP contribution in [0.25, 0.3) is 0 Å². The van der Waals surface area contributed by atoms with Crippen LogP contribution in [0.5, 0.6) is 0 Å². The molecule has 1 heterocycles. The van der Waals surface area contributed by atoms with Crippen LogP contribution in [0.4, 0.5) is 0 Å². The third-order valence-electron chi connectivity index (χ3n) is 2.80. The second kappa shape index (κ2) is 5.07. The van der Waals surface area contributed by atoms with Gasteiger partial charge in [0.2, 0.25) is 0 Å². The standard InChI is InChI=1S/C10H21OP/c1-2-3-4-5-6-8-12(11)9-7-10-12/h2-10H2,1H3. The fraction of sp³-hybridized carbons (Fsp3) is 1.00. The quantitative estimate of drug-likeness (QED) is 0.458. The minimum absolute atomic E-state index is 1.05. The van der Waals surface area contributed by atoms with Crippen molar-refractivity contribution in [3.8, 4) is 0 Å². The van der Waals surface area contributed by atoms with Crippen LogP contribution in [-0.2, 0) is 4.57 Å². The third kappa shape index (κ3) is 3.31. The van der Waals surface area contributed by atoms with Gasteiger partial charge in [0, 0.05) is 18.5 Å². The van der Waals surface area contributed by atoms with Crippen LogP contribution in [-0.4, -0.2) is 18.5 Å². The summed E-state index contributed by atoms with van der Waals surface area (Å²) in [4.78, 5) is 0. The van der Waals surface area contributed by atoms with Crippen LogP contribution in [0.1, 0.15) is 45.4 Å². The fourth-order valence-corrected chi connectivity index (χ4v) is 4.01. The van der Waals surface area contributed by atoms with E-state index in [0.29, 0.717) is 0 Å². The van der Waals surface area contributed by atoms with Crippen molar-refractivity contribution in [2.24, 2.45) is 0 Å². The maximum absolute atomic E-state index is 11.7. The highest BCUT2D eigenvalue weighted by Crippen LogP contribution is 2.55. The van der Waals surface area contributed by atoms with E-state index in [2.05, 4.69) is 6.92 Å². The molecule has 0 amide bonds. The maximum atomic E-state index is 11.7. The van der Waals surface area contributed by atoms with E-state index in [-0.39, 0.29) is 0 Å². The number of hydrogen-bond donors (Lipinski definition) is 0. The second-order valence-electron chi connectivity index (χ2n) is 4.00. The molecule has 0 aromatic heterocycles.